The third kappa shape index (κ3) is 1.76. The van der Waals surface area contributed by atoms with Crippen LogP contribution in [0.4, 0.5) is 5.69 Å². The van der Waals surface area contributed by atoms with Crippen molar-refractivity contribution in [3.8, 4) is 11.8 Å². The summed E-state index contributed by atoms with van der Waals surface area (Å²) in [7, 11) is 1.24. The Morgan fingerprint density at radius 3 is 2.67 bits per heavy atom. The molecule has 1 aromatic rings. The average molecular weight is 206 g/mol. The Kier molecular flexibility index (Phi) is 2.98. The van der Waals surface area contributed by atoms with Gasteiger partial charge in [0, 0.05) is 6.07 Å². The molecule has 1 aromatic carbocycles. The van der Waals surface area contributed by atoms with Crippen LogP contribution in [0.15, 0.2) is 12.1 Å². The van der Waals surface area contributed by atoms with Gasteiger partial charge in [0.05, 0.1) is 17.6 Å². The molecule has 1 rings (SSSR count). The van der Waals surface area contributed by atoms with Gasteiger partial charge in [0.25, 0.3) is 5.69 Å². The van der Waals surface area contributed by atoms with Crippen LogP contribution in [0.2, 0.25) is 0 Å². The van der Waals surface area contributed by atoms with Crippen LogP contribution in [0.5, 0.6) is 5.75 Å². The minimum absolute atomic E-state index is 0.0679. The van der Waals surface area contributed by atoms with Gasteiger partial charge in [0.15, 0.2) is 17.6 Å². The second-order valence-electron chi connectivity index (χ2n) is 2.57. The molecule has 0 aromatic heterocycles. The molecular formula is C9H6N2O4. The SMILES string of the molecule is COc1c(C=O)ccc([N+](=O)[O-])c1C#N. The Bertz CT molecular complexity index is 462. The van der Waals surface area contributed by atoms with Gasteiger partial charge in [0.2, 0.25) is 0 Å². The van der Waals surface area contributed by atoms with Gasteiger partial charge >= 0.3 is 0 Å². The monoisotopic (exact) mass is 206 g/mol. The van der Waals surface area contributed by atoms with E-state index in [2.05, 4.69) is 0 Å². The maximum absolute atomic E-state index is 10.6. The first kappa shape index (κ1) is 10.7. The van der Waals surface area contributed by atoms with E-state index in [9.17, 15) is 14.9 Å². The molecule has 76 valence electrons. The lowest BCUT2D eigenvalue weighted by Crippen LogP contribution is -1.99. The molecule has 6 heteroatoms. The summed E-state index contributed by atoms with van der Waals surface area (Å²) in [5.74, 6) is -0.0679. The molecule has 0 saturated carbocycles. The smallest absolute Gasteiger partial charge is 0.290 e. The number of hydrogen-bond donors (Lipinski definition) is 0. The van der Waals surface area contributed by atoms with E-state index >= 15 is 0 Å². The molecule has 0 atom stereocenters. The predicted molar refractivity (Wildman–Crippen MR) is 49.8 cm³/mol. The molecule has 0 N–H and O–H groups in total. The highest BCUT2D eigenvalue weighted by Crippen LogP contribution is 2.30. The van der Waals surface area contributed by atoms with E-state index < -0.39 is 4.92 Å². The molecule has 0 bridgehead atoms. The number of aldehydes is 1. The van der Waals surface area contributed by atoms with E-state index in [0.717, 1.165) is 6.07 Å². The summed E-state index contributed by atoms with van der Waals surface area (Å²) in [6, 6.07) is 3.99. The van der Waals surface area contributed by atoms with Gasteiger partial charge in [-0.05, 0) is 6.07 Å². The number of carbonyl (C=O) groups excluding carboxylic acids is 1. The highest BCUT2D eigenvalue weighted by Gasteiger charge is 2.21. The lowest BCUT2D eigenvalue weighted by Gasteiger charge is -2.05. The van der Waals surface area contributed by atoms with Crippen molar-refractivity contribution >= 4 is 12.0 Å². The van der Waals surface area contributed by atoms with Crippen LogP contribution in [0.1, 0.15) is 15.9 Å². The van der Waals surface area contributed by atoms with E-state index in [1.54, 1.807) is 6.07 Å². The van der Waals surface area contributed by atoms with Crippen molar-refractivity contribution in [3.05, 3.63) is 33.4 Å². The molecule has 0 heterocycles. The van der Waals surface area contributed by atoms with Crippen molar-refractivity contribution in [1.82, 2.24) is 0 Å². The van der Waals surface area contributed by atoms with Crippen LogP contribution in [0.3, 0.4) is 0 Å². The van der Waals surface area contributed by atoms with Crippen LogP contribution in [0, 0.1) is 21.4 Å². The van der Waals surface area contributed by atoms with Crippen molar-refractivity contribution in [2.75, 3.05) is 7.11 Å². The highest BCUT2D eigenvalue weighted by molar-refractivity contribution is 5.83. The fourth-order valence-electron chi connectivity index (χ4n) is 1.16. The Balaban J connectivity index is 3.56. The zero-order valence-electron chi connectivity index (χ0n) is 7.76. The fourth-order valence-corrected chi connectivity index (χ4v) is 1.16. The molecule has 6 nitrogen and oxygen atoms in total. The van der Waals surface area contributed by atoms with E-state index in [4.69, 9.17) is 10.00 Å². The number of ether oxygens (including phenoxy) is 1. The Morgan fingerprint density at radius 1 is 1.60 bits per heavy atom. The summed E-state index contributed by atoms with van der Waals surface area (Å²) in [6.45, 7) is 0. The molecule has 0 aliphatic carbocycles. The van der Waals surface area contributed by atoms with Gasteiger partial charge in [-0.25, -0.2) is 0 Å². The topological polar surface area (TPSA) is 93.2 Å². The Hall–Kier alpha value is -2.42. The van der Waals surface area contributed by atoms with Crippen LogP contribution >= 0.6 is 0 Å². The maximum Gasteiger partial charge on any atom is 0.290 e. The minimum atomic E-state index is -0.699. The minimum Gasteiger partial charge on any atom is -0.494 e. The quantitative estimate of drug-likeness (QED) is 0.422. The molecule has 0 spiro atoms. The molecule has 0 fully saturated rings. The van der Waals surface area contributed by atoms with E-state index in [1.165, 1.54) is 13.2 Å². The van der Waals surface area contributed by atoms with Crippen molar-refractivity contribution in [1.29, 1.82) is 5.26 Å². The molecular weight excluding hydrogens is 200 g/mol. The molecule has 0 aliphatic heterocycles. The summed E-state index contributed by atoms with van der Waals surface area (Å²) in [5, 5.41) is 19.3. The number of benzene rings is 1. The number of nitrogens with zero attached hydrogens (tertiary/aromatic N) is 2. The summed E-state index contributed by atoms with van der Waals surface area (Å²) in [4.78, 5) is 20.4. The lowest BCUT2D eigenvalue weighted by atomic mass is 10.1. The lowest BCUT2D eigenvalue weighted by molar-refractivity contribution is -0.385. The van der Waals surface area contributed by atoms with Crippen LogP contribution in [-0.4, -0.2) is 18.3 Å². The third-order valence-corrected chi connectivity index (χ3v) is 1.81. The average Bonchev–Trinajstić information content (AvgIpc) is 2.26. The van der Waals surface area contributed by atoms with Crippen molar-refractivity contribution in [2.45, 2.75) is 0 Å². The van der Waals surface area contributed by atoms with Gasteiger partial charge in [-0.1, -0.05) is 0 Å². The molecule has 0 unspecified atom stereocenters. The number of nitriles is 1. The van der Waals surface area contributed by atoms with Crippen LogP contribution in [-0.2, 0) is 0 Å². The van der Waals surface area contributed by atoms with Crippen LogP contribution in [0.25, 0.3) is 0 Å². The van der Waals surface area contributed by atoms with Crippen LogP contribution < -0.4 is 4.74 Å². The van der Waals surface area contributed by atoms with Gasteiger partial charge in [-0.15, -0.1) is 0 Å². The Morgan fingerprint density at radius 2 is 2.27 bits per heavy atom. The largest absolute Gasteiger partial charge is 0.494 e. The summed E-state index contributed by atoms with van der Waals surface area (Å²) in [5.41, 5.74) is -0.508. The maximum atomic E-state index is 10.6. The molecule has 15 heavy (non-hydrogen) atoms. The second-order valence-corrected chi connectivity index (χ2v) is 2.57. The number of methoxy groups -OCH3 is 1. The number of nitro groups is 1. The Labute approximate surface area is 84.8 Å². The van der Waals surface area contributed by atoms with E-state index in [1.807, 2.05) is 0 Å². The van der Waals surface area contributed by atoms with Gasteiger partial charge in [-0.2, -0.15) is 5.26 Å². The van der Waals surface area contributed by atoms with Gasteiger partial charge in [-0.3, -0.25) is 14.9 Å². The summed E-state index contributed by atoms with van der Waals surface area (Å²) in [6.07, 6.45) is 0.476. The first-order chi connectivity index (χ1) is 7.15. The summed E-state index contributed by atoms with van der Waals surface area (Å²) < 4.78 is 4.79. The standard InChI is InChI=1S/C9H6N2O4/c1-15-9-6(5-12)2-3-8(11(13)14)7(9)4-10/h2-3,5H,1H3. The van der Waals surface area contributed by atoms with Crippen molar-refractivity contribution in [3.63, 3.8) is 0 Å². The van der Waals surface area contributed by atoms with Crippen molar-refractivity contribution < 1.29 is 14.5 Å². The molecule has 0 amide bonds. The zero-order chi connectivity index (χ0) is 11.4. The molecule has 0 saturated heterocycles. The number of nitro benzene ring substituents is 1. The molecule has 0 radical (unpaired) electrons. The first-order valence-corrected chi connectivity index (χ1v) is 3.86. The predicted octanol–water partition coefficient (Wildman–Crippen LogP) is 1.29. The summed E-state index contributed by atoms with van der Waals surface area (Å²) >= 11 is 0. The molecule has 0 aliphatic rings. The highest BCUT2D eigenvalue weighted by atomic mass is 16.6. The first-order valence-electron chi connectivity index (χ1n) is 3.86. The van der Waals surface area contributed by atoms with E-state index in [0.29, 0.717) is 6.29 Å². The van der Waals surface area contributed by atoms with E-state index in [-0.39, 0.29) is 22.6 Å². The van der Waals surface area contributed by atoms with Gasteiger partial charge < -0.3 is 4.74 Å². The second kappa shape index (κ2) is 4.19. The normalized spacial score (nSPS) is 9.07. The zero-order valence-corrected chi connectivity index (χ0v) is 7.76. The number of carbonyl (C=O) groups is 1. The van der Waals surface area contributed by atoms with Gasteiger partial charge in [0.1, 0.15) is 6.07 Å². The number of rotatable bonds is 3. The van der Waals surface area contributed by atoms with Crippen molar-refractivity contribution in [2.24, 2.45) is 0 Å². The fraction of sp³-hybridized carbons (Fsp3) is 0.111. The number of hydrogen-bond acceptors (Lipinski definition) is 5. The third-order valence-electron chi connectivity index (χ3n) is 1.81.